The Morgan fingerprint density at radius 3 is 3.09 bits per heavy atom. The zero-order valence-electron chi connectivity index (χ0n) is 5.85. The molecule has 0 atom stereocenters. The maximum Gasteiger partial charge on any atom is 0.289 e. The van der Waals surface area contributed by atoms with E-state index >= 15 is 0 Å². The molecule has 0 aromatic carbocycles. The van der Waals surface area contributed by atoms with E-state index in [9.17, 15) is 9.18 Å². The minimum Gasteiger partial charge on any atom is -0.282 e. The molecule has 11 heavy (non-hydrogen) atoms. The first-order valence-corrected chi connectivity index (χ1v) is 3.55. The summed E-state index contributed by atoms with van der Waals surface area (Å²) in [7, 11) is 0. The second-order valence-electron chi connectivity index (χ2n) is 2.64. The van der Waals surface area contributed by atoms with Crippen molar-refractivity contribution in [1.29, 1.82) is 0 Å². The van der Waals surface area contributed by atoms with Crippen LogP contribution in [0, 0.1) is 6.08 Å². The lowest BCUT2D eigenvalue weighted by atomic mass is 10.3. The van der Waals surface area contributed by atoms with E-state index in [2.05, 4.69) is 4.98 Å². The van der Waals surface area contributed by atoms with Crippen molar-refractivity contribution in [2.75, 3.05) is 0 Å². The summed E-state index contributed by atoms with van der Waals surface area (Å²) in [6.45, 7) is 0. The highest BCUT2D eigenvalue weighted by molar-refractivity contribution is 5.21. The molecule has 0 spiro atoms. The first-order chi connectivity index (χ1) is 5.27. The molecule has 1 aromatic rings. The molecule has 2 rings (SSSR count). The summed E-state index contributed by atoms with van der Waals surface area (Å²) in [5, 5.41) is 0. The number of nitrogens with one attached hydrogen (secondary N) is 1. The van der Waals surface area contributed by atoms with E-state index in [0.29, 0.717) is 11.3 Å². The fourth-order valence-corrected chi connectivity index (χ4v) is 1.41. The van der Waals surface area contributed by atoms with Crippen molar-refractivity contribution in [2.24, 2.45) is 0 Å². The summed E-state index contributed by atoms with van der Waals surface area (Å²) in [5.41, 5.74) is 0.975. The summed E-state index contributed by atoms with van der Waals surface area (Å²) < 4.78 is 12.5. The van der Waals surface area contributed by atoms with E-state index in [-0.39, 0.29) is 5.56 Å². The number of rotatable bonds is 0. The van der Waals surface area contributed by atoms with Crippen LogP contribution in [-0.2, 0) is 12.8 Å². The highest BCUT2D eigenvalue weighted by Crippen LogP contribution is 2.14. The first kappa shape index (κ1) is 6.52. The maximum atomic E-state index is 12.5. The Hall–Kier alpha value is -1.19. The number of halogens is 1. The van der Waals surface area contributed by atoms with Crippen LogP contribution in [0.3, 0.4) is 0 Å². The summed E-state index contributed by atoms with van der Waals surface area (Å²) in [5.74, 6) is 0. The van der Waals surface area contributed by atoms with E-state index in [0.717, 1.165) is 19.3 Å². The molecule has 0 fully saturated rings. The summed E-state index contributed by atoms with van der Waals surface area (Å²) >= 11 is 0. The van der Waals surface area contributed by atoms with E-state index in [1.807, 2.05) is 4.98 Å². The van der Waals surface area contributed by atoms with E-state index in [1.165, 1.54) is 0 Å². The molecule has 1 aliphatic carbocycles. The lowest BCUT2D eigenvalue weighted by Gasteiger charge is -1.94. The van der Waals surface area contributed by atoms with Crippen LogP contribution in [0.5, 0.6) is 0 Å². The molecule has 1 heterocycles. The molecular formula is C7H7FN2O. The van der Waals surface area contributed by atoms with Gasteiger partial charge >= 0.3 is 0 Å². The first-order valence-electron chi connectivity index (χ1n) is 3.55. The zero-order valence-corrected chi connectivity index (χ0v) is 5.85. The molecule has 0 radical (unpaired) electrons. The molecule has 4 heteroatoms. The van der Waals surface area contributed by atoms with Gasteiger partial charge in [0.05, 0.1) is 5.69 Å². The second kappa shape index (κ2) is 2.15. The van der Waals surface area contributed by atoms with Crippen LogP contribution in [0.4, 0.5) is 4.39 Å². The molecule has 0 saturated heterocycles. The van der Waals surface area contributed by atoms with Crippen LogP contribution in [-0.4, -0.2) is 9.97 Å². The smallest absolute Gasteiger partial charge is 0.282 e. The predicted molar refractivity (Wildman–Crippen MR) is 36.8 cm³/mol. The Kier molecular flexibility index (Phi) is 1.27. The van der Waals surface area contributed by atoms with Crippen LogP contribution in [0.1, 0.15) is 17.7 Å². The SMILES string of the molecule is O=c1[nH]c(F)nc2c1CCC2. The van der Waals surface area contributed by atoms with Gasteiger partial charge in [0.25, 0.3) is 11.6 Å². The third-order valence-electron chi connectivity index (χ3n) is 1.91. The van der Waals surface area contributed by atoms with Crippen molar-refractivity contribution < 1.29 is 4.39 Å². The van der Waals surface area contributed by atoms with E-state index in [4.69, 9.17) is 0 Å². The lowest BCUT2D eigenvalue weighted by Crippen LogP contribution is -2.15. The molecule has 0 amide bonds. The average molecular weight is 154 g/mol. The van der Waals surface area contributed by atoms with Gasteiger partial charge in [0, 0.05) is 5.56 Å². The second-order valence-corrected chi connectivity index (χ2v) is 2.64. The van der Waals surface area contributed by atoms with Gasteiger partial charge in [-0.25, -0.2) is 4.98 Å². The van der Waals surface area contributed by atoms with Gasteiger partial charge in [-0.3, -0.25) is 9.78 Å². The minimum atomic E-state index is -0.768. The van der Waals surface area contributed by atoms with Gasteiger partial charge in [0.15, 0.2) is 0 Å². The van der Waals surface area contributed by atoms with Crippen molar-refractivity contribution in [3.63, 3.8) is 0 Å². The predicted octanol–water partition coefficient (Wildman–Crippen LogP) is 0.398. The zero-order chi connectivity index (χ0) is 7.84. The van der Waals surface area contributed by atoms with Gasteiger partial charge in [-0.15, -0.1) is 0 Å². The highest BCUT2D eigenvalue weighted by atomic mass is 19.1. The fourth-order valence-electron chi connectivity index (χ4n) is 1.41. The largest absolute Gasteiger partial charge is 0.289 e. The van der Waals surface area contributed by atoms with Gasteiger partial charge in [-0.05, 0) is 19.3 Å². The number of nitrogens with zero attached hydrogens (tertiary/aromatic N) is 1. The molecule has 0 unspecified atom stereocenters. The number of aromatic nitrogens is 2. The Labute approximate surface area is 62.3 Å². The van der Waals surface area contributed by atoms with Crippen molar-refractivity contribution >= 4 is 0 Å². The molecule has 1 aromatic heterocycles. The van der Waals surface area contributed by atoms with Gasteiger partial charge in [-0.2, -0.15) is 4.39 Å². The Balaban J connectivity index is 2.70. The van der Waals surface area contributed by atoms with Crippen LogP contribution in [0.25, 0.3) is 0 Å². The van der Waals surface area contributed by atoms with E-state index in [1.54, 1.807) is 0 Å². The fraction of sp³-hybridized carbons (Fsp3) is 0.429. The summed E-state index contributed by atoms with van der Waals surface area (Å²) in [6.07, 6.45) is 1.61. The van der Waals surface area contributed by atoms with Crippen LogP contribution >= 0.6 is 0 Å². The Morgan fingerprint density at radius 2 is 2.27 bits per heavy atom. The standard InChI is InChI=1S/C7H7FN2O/c8-7-9-5-3-1-2-4(5)6(11)10-7/h1-3H2,(H,9,10,11). The monoisotopic (exact) mass is 154 g/mol. The van der Waals surface area contributed by atoms with Gasteiger partial charge in [0.2, 0.25) is 0 Å². The Bertz CT molecular complexity index is 345. The van der Waals surface area contributed by atoms with E-state index < -0.39 is 6.08 Å². The van der Waals surface area contributed by atoms with Crippen LogP contribution < -0.4 is 5.56 Å². The topological polar surface area (TPSA) is 45.8 Å². The number of H-pyrrole nitrogens is 1. The molecule has 1 aliphatic rings. The average Bonchev–Trinajstić information content (AvgIpc) is 2.34. The molecule has 0 aliphatic heterocycles. The number of fused-ring (bicyclic) bond motifs is 1. The van der Waals surface area contributed by atoms with Crippen LogP contribution in [0.2, 0.25) is 0 Å². The normalized spacial score (nSPS) is 15.0. The third kappa shape index (κ3) is 0.943. The molecule has 3 nitrogen and oxygen atoms in total. The maximum absolute atomic E-state index is 12.5. The number of hydrogen-bond donors (Lipinski definition) is 1. The number of aromatic amines is 1. The van der Waals surface area contributed by atoms with Gasteiger partial charge < -0.3 is 0 Å². The number of hydrogen-bond acceptors (Lipinski definition) is 2. The minimum absolute atomic E-state index is 0.315. The quantitative estimate of drug-likeness (QED) is 0.550. The highest BCUT2D eigenvalue weighted by Gasteiger charge is 2.16. The van der Waals surface area contributed by atoms with Crippen molar-refractivity contribution in [1.82, 2.24) is 9.97 Å². The van der Waals surface area contributed by atoms with Gasteiger partial charge in [0.1, 0.15) is 0 Å². The van der Waals surface area contributed by atoms with Crippen LogP contribution in [0.15, 0.2) is 4.79 Å². The molecular weight excluding hydrogens is 147 g/mol. The summed E-state index contributed by atoms with van der Waals surface area (Å²) in [4.78, 5) is 16.6. The molecule has 58 valence electrons. The van der Waals surface area contributed by atoms with Gasteiger partial charge in [-0.1, -0.05) is 0 Å². The number of aryl methyl sites for hydroxylation is 1. The van der Waals surface area contributed by atoms with Crippen molar-refractivity contribution in [3.05, 3.63) is 27.7 Å². The van der Waals surface area contributed by atoms with Crippen molar-refractivity contribution in [2.45, 2.75) is 19.3 Å². The summed E-state index contributed by atoms with van der Waals surface area (Å²) in [6, 6.07) is 0. The third-order valence-corrected chi connectivity index (χ3v) is 1.91. The molecule has 0 bridgehead atoms. The molecule has 0 saturated carbocycles. The Morgan fingerprint density at radius 1 is 1.45 bits per heavy atom. The lowest BCUT2D eigenvalue weighted by molar-refractivity contribution is 0.528. The molecule has 1 N–H and O–H groups in total. The van der Waals surface area contributed by atoms with Crippen molar-refractivity contribution in [3.8, 4) is 0 Å².